The fraction of sp³-hybridized carbons (Fsp3) is 1.00. The number of hydrogen-bond acceptors (Lipinski definition) is 3. The molecule has 0 aromatic heterocycles. The first kappa shape index (κ1) is 12.0. The van der Waals surface area contributed by atoms with E-state index in [4.69, 9.17) is 4.74 Å². The summed E-state index contributed by atoms with van der Waals surface area (Å²) in [7, 11) is 0. The van der Waals surface area contributed by atoms with E-state index < -0.39 is 0 Å². The summed E-state index contributed by atoms with van der Waals surface area (Å²) in [6, 6.07) is 0.589. The molecule has 14 heavy (non-hydrogen) atoms. The van der Waals surface area contributed by atoms with E-state index in [1.54, 1.807) is 0 Å². The summed E-state index contributed by atoms with van der Waals surface area (Å²) < 4.78 is 5.68. The van der Waals surface area contributed by atoms with Crippen LogP contribution in [0, 0.1) is 0 Å². The van der Waals surface area contributed by atoms with Crippen LogP contribution in [0.4, 0.5) is 0 Å². The Balaban J connectivity index is 2.17. The Morgan fingerprint density at radius 3 is 2.36 bits per heavy atom. The minimum Gasteiger partial charge on any atom is -0.373 e. The highest BCUT2D eigenvalue weighted by molar-refractivity contribution is 4.73. The van der Waals surface area contributed by atoms with Crippen molar-refractivity contribution in [2.24, 2.45) is 0 Å². The molecule has 0 aromatic carbocycles. The molecule has 0 aliphatic carbocycles. The Kier molecular flexibility index (Phi) is 4.85. The molecule has 0 bridgehead atoms. The number of ether oxygens (including phenoxy) is 1. The van der Waals surface area contributed by atoms with Gasteiger partial charge in [0.2, 0.25) is 0 Å². The summed E-state index contributed by atoms with van der Waals surface area (Å²) in [6.07, 6.45) is 0.774. The van der Waals surface area contributed by atoms with Crippen LogP contribution in [-0.2, 0) is 4.74 Å². The third kappa shape index (κ3) is 4.40. The van der Waals surface area contributed by atoms with E-state index in [9.17, 15) is 0 Å². The summed E-state index contributed by atoms with van der Waals surface area (Å²) in [4.78, 5) is 2.48. The van der Waals surface area contributed by atoms with Crippen molar-refractivity contribution in [2.75, 3.05) is 26.2 Å². The Morgan fingerprint density at radius 2 is 1.86 bits per heavy atom. The molecular formula is C11H24N2O. The van der Waals surface area contributed by atoms with Crippen LogP contribution in [0.5, 0.6) is 0 Å². The number of hydrogen-bond donors (Lipinski definition) is 1. The largest absolute Gasteiger partial charge is 0.373 e. The second-order valence-electron chi connectivity index (χ2n) is 4.63. The normalized spacial score (nSPS) is 29.8. The lowest BCUT2D eigenvalue weighted by Crippen LogP contribution is -2.47. The molecule has 1 aliphatic rings. The topological polar surface area (TPSA) is 24.5 Å². The average Bonchev–Trinajstić information content (AvgIpc) is 2.01. The van der Waals surface area contributed by atoms with E-state index in [2.05, 4.69) is 37.9 Å². The van der Waals surface area contributed by atoms with Gasteiger partial charge in [-0.15, -0.1) is 0 Å². The van der Waals surface area contributed by atoms with Crippen LogP contribution in [-0.4, -0.2) is 49.3 Å². The maximum atomic E-state index is 5.68. The van der Waals surface area contributed by atoms with E-state index in [0.717, 1.165) is 26.2 Å². The monoisotopic (exact) mass is 200 g/mol. The molecule has 1 N–H and O–H groups in total. The molecule has 1 rings (SSSR count). The molecule has 84 valence electrons. The second-order valence-corrected chi connectivity index (χ2v) is 4.63. The van der Waals surface area contributed by atoms with Gasteiger partial charge in [0, 0.05) is 32.2 Å². The van der Waals surface area contributed by atoms with E-state index in [1.807, 2.05) is 0 Å². The Hall–Kier alpha value is -0.120. The van der Waals surface area contributed by atoms with Gasteiger partial charge in [-0.1, -0.05) is 13.8 Å². The zero-order valence-electron chi connectivity index (χ0n) is 9.92. The average molecular weight is 200 g/mol. The third-order valence-electron chi connectivity index (χ3n) is 2.48. The zero-order chi connectivity index (χ0) is 10.6. The Bertz CT molecular complexity index is 151. The molecule has 3 nitrogen and oxygen atoms in total. The van der Waals surface area contributed by atoms with Crippen molar-refractivity contribution >= 4 is 0 Å². The molecule has 0 spiro atoms. The van der Waals surface area contributed by atoms with Gasteiger partial charge in [-0.3, -0.25) is 4.90 Å². The van der Waals surface area contributed by atoms with Crippen molar-refractivity contribution in [1.82, 2.24) is 10.2 Å². The number of nitrogens with zero attached hydrogens (tertiary/aromatic N) is 1. The molecule has 0 amide bonds. The van der Waals surface area contributed by atoms with E-state index >= 15 is 0 Å². The fourth-order valence-corrected chi connectivity index (χ4v) is 1.98. The molecule has 1 saturated heterocycles. The highest BCUT2D eigenvalue weighted by atomic mass is 16.5. The molecule has 0 radical (unpaired) electrons. The molecule has 1 aliphatic heterocycles. The Morgan fingerprint density at radius 1 is 1.29 bits per heavy atom. The van der Waals surface area contributed by atoms with Crippen molar-refractivity contribution < 1.29 is 4.74 Å². The summed E-state index contributed by atoms with van der Waals surface area (Å²) in [5.41, 5.74) is 0. The van der Waals surface area contributed by atoms with Crippen LogP contribution in [0.2, 0.25) is 0 Å². The predicted octanol–water partition coefficient (Wildman–Crippen LogP) is 1.09. The van der Waals surface area contributed by atoms with Crippen LogP contribution in [0.25, 0.3) is 0 Å². The maximum absolute atomic E-state index is 5.68. The standard InChI is InChI=1S/C11H24N2O/c1-9(2)12-5-6-13-7-10(3)14-11(4)8-13/h9-12H,5-8H2,1-4H3. The second kappa shape index (κ2) is 5.69. The van der Waals surface area contributed by atoms with Gasteiger partial charge in [-0.05, 0) is 13.8 Å². The number of morpholine rings is 1. The van der Waals surface area contributed by atoms with Crippen LogP contribution in [0.15, 0.2) is 0 Å². The predicted molar refractivity (Wildman–Crippen MR) is 59.6 cm³/mol. The molecule has 2 atom stereocenters. The third-order valence-corrected chi connectivity index (χ3v) is 2.48. The highest BCUT2D eigenvalue weighted by Crippen LogP contribution is 2.09. The molecule has 0 saturated carbocycles. The van der Waals surface area contributed by atoms with Gasteiger partial charge in [-0.25, -0.2) is 0 Å². The highest BCUT2D eigenvalue weighted by Gasteiger charge is 2.21. The maximum Gasteiger partial charge on any atom is 0.0678 e. The number of nitrogens with one attached hydrogen (secondary N) is 1. The molecule has 3 heteroatoms. The minimum atomic E-state index is 0.387. The zero-order valence-corrected chi connectivity index (χ0v) is 9.92. The van der Waals surface area contributed by atoms with Crippen molar-refractivity contribution in [2.45, 2.75) is 45.9 Å². The van der Waals surface area contributed by atoms with Crippen LogP contribution in [0.1, 0.15) is 27.7 Å². The first-order valence-electron chi connectivity index (χ1n) is 5.69. The summed E-state index contributed by atoms with van der Waals surface area (Å²) in [5, 5.41) is 3.44. The summed E-state index contributed by atoms with van der Waals surface area (Å²) >= 11 is 0. The lowest BCUT2D eigenvalue weighted by molar-refractivity contribution is -0.0674. The molecule has 1 fully saturated rings. The Labute approximate surface area is 87.8 Å². The van der Waals surface area contributed by atoms with Crippen LogP contribution < -0.4 is 5.32 Å². The van der Waals surface area contributed by atoms with Gasteiger partial charge in [-0.2, -0.15) is 0 Å². The first-order valence-corrected chi connectivity index (χ1v) is 5.69. The van der Waals surface area contributed by atoms with Gasteiger partial charge in [0.1, 0.15) is 0 Å². The van der Waals surface area contributed by atoms with E-state index in [1.165, 1.54) is 0 Å². The number of rotatable bonds is 4. The molecule has 2 unspecified atom stereocenters. The quantitative estimate of drug-likeness (QED) is 0.735. The van der Waals surface area contributed by atoms with Crippen molar-refractivity contribution in [3.05, 3.63) is 0 Å². The van der Waals surface area contributed by atoms with Gasteiger partial charge in [0.25, 0.3) is 0 Å². The van der Waals surface area contributed by atoms with Gasteiger partial charge in [0.15, 0.2) is 0 Å². The lowest BCUT2D eigenvalue weighted by Gasteiger charge is -2.35. The van der Waals surface area contributed by atoms with Crippen molar-refractivity contribution in [1.29, 1.82) is 0 Å². The fourth-order valence-electron chi connectivity index (χ4n) is 1.98. The SMILES string of the molecule is CC(C)NCCN1CC(C)OC(C)C1. The summed E-state index contributed by atoms with van der Waals surface area (Å²) in [5.74, 6) is 0. The smallest absolute Gasteiger partial charge is 0.0678 e. The van der Waals surface area contributed by atoms with Crippen LogP contribution in [0.3, 0.4) is 0 Å². The van der Waals surface area contributed by atoms with Crippen molar-refractivity contribution in [3.8, 4) is 0 Å². The van der Waals surface area contributed by atoms with E-state index in [-0.39, 0.29) is 0 Å². The van der Waals surface area contributed by atoms with Gasteiger partial charge >= 0.3 is 0 Å². The van der Waals surface area contributed by atoms with Gasteiger partial charge in [0.05, 0.1) is 12.2 Å². The summed E-state index contributed by atoms with van der Waals surface area (Å²) in [6.45, 7) is 13.0. The lowest BCUT2D eigenvalue weighted by atomic mass is 10.2. The molecular weight excluding hydrogens is 176 g/mol. The first-order chi connectivity index (χ1) is 6.58. The van der Waals surface area contributed by atoms with Gasteiger partial charge < -0.3 is 10.1 Å². The van der Waals surface area contributed by atoms with Crippen LogP contribution >= 0.6 is 0 Å². The van der Waals surface area contributed by atoms with Crippen molar-refractivity contribution in [3.63, 3.8) is 0 Å². The molecule has 1 heterocycles. The van der Waals surface area contributed by atoms with E-state index in [0.29, 0.717) is 18.2 Å². The molecule has 0 aromatic rings. The minimum absolute atomic E-state index is 0.387.